The van der Waals surface area contributed by atoms with Crippen LogP contribution in [0.3, 0.4) is 0 Å². The fourth-order valence-electron chi connectivity index (χ4n) is 2.73. The lowest BCUT2D eigenvalue weighted by Crippen LogP contribution is -2.03. The van der Waals surface area contributed by atoms with Crippen LogP contribution in [0.4, 0.5) is 5.82 Å². The van der Waals surface area contributed by atoms with Crippen LogP contribution < -0.4 is 5.32 Å². The van der Waals surface area contributed by atoms with E-state index in [1.165, 1.54) is 18.4 Å². The van der Waals surface area contributed by atoms with Gasteiger partial charge in [-0.2, -0.15) is 0 Å². The highest BCUT2D eigenvalue weighted by molar-refractivity contribution is 5.78. The van der Waals surface area contributed by atoms with Gasteiger partial charge in [-0.3, -0.25) is 0 Å². The second-order valence-electron chi connectivity index (χ2n) is 5.23. The number of aromatic hydroxyl groups is 1. The van der Waals surface area contributed by atoms with E-state index in [0.717, 1.165) is 24.2 Å². The molecule has 0 atom stereocenters. The average Bonchev–Trinajstić information content (AvgIpc) is 2.55. The van der Waals surface area contributed by atoms with Gasteiger partial charge in [0.05, 0.1) is 5.69 Å². The molecule has 0 aliphatic heterocycles. The van der Waals surface area contributed by atoms with E-state index in [4.69, 9.17) is 0 Å². The number of rotatable bonds is 3. The molecule has 2 N–H and O–H groups in total. The molecular formula is C17H19N3O. The van der Waals surface area contributed by atoms with Crippen molar-refractivity contribution in [2.24, 2.45) is 0 Å². The summed E-state index contributed by atoms with van der Waals surface area (Å²) < 4.78 is 0. The fraction of sp³-hybridized carbons (Fsp3) is 0.294. The number of hydrogen-bond donors (Lipinski definition) is 2. The summed E-state index contributed by atoms with van der Waals surface area (Å²) in [6.07, 6.45) is 6.94. The smallest absolute Gasteiger partial charge is 0.156 e. The van der Waals surface area contributed by atoms with Crippen LogP contribution in [0.1, 0.15) is 31.2 Å². The quantitative estimate of drug-likeness (QED) is 0.897. The predicted octanol–water partition coefficient (Wildman–Crippen LogP) is 3.85. The Hall–Kier alpha value is -2.36. The third-order valence-electron chi connectivity index (χ3n) is 3.85. The zero-order valence-electron chi connectivity index (χ0n) is 12.1. The monoisotopic (exact) mass is 281 g/mol. The lowest BCUT2D eigenvalue weighted by Gasteiger charge is -2.16. The molecule has 1 aromatic carbocycles. The Balaban J connectivity index is 2.09. The van der Waals surface area contributed by atoms with Gasteiger partial charge in [-0.05, 0) is 49.5 Å². The molecule has 2 aromatic rings. The zero-order chi connectivity index (χ0) is 14.7. The van der Waals surface area contributed by atoms with Gasteiger partial charge in [0.25, 0.3) is 0 Å². The number of nitrogens with one attached hydrogen (secondary N) is 1. The summed E-state index contributed by atoms with van der Waals surface area (Å²) in [5.74, 6) is 1.02. The van der Waals surface area contributed by atoms with Crippen LogP contribution in [0.15, 0.2) is 36.4 Å². The second kappa shape index (κ2) is 5.95. The van der Waals surface area contributed by atoms with Crippen molar-refractivity contribution in [3.63, 3.8) is 0 Å². The third kappa shape index (κ3) is 2.75. The van der Waals surface area contributed by atoms with E-state index >= 15 is 0 Å². The van der Waals surface area contributed by atoms with Crippen molar-refractivity contribution in [3.8, 4) is 17.0 Å². The Morgan fingerprint density at radius 3 is 2.67 bits per heavy atom. The first kappa shape index (κ1) is 13.6. The molecule has 0 fully saturated rings. The van der Waals surface area contributed by atoms with E-state index in [1.807, 2.05) is 25.2 Å². The van der Waals surface area contributed by atoms with Crippen LogP contribution in [0.5, 0.6) is 5.75 Å². The molecule has 0 bridgehead atoms. The summed E-state index contributed by atoms with van der Waals surface area (Å²) in [6, 6.07) is 9.24. The van der Waals surface area contributed by atoms with Gasteiger partial charge in [0, 0.05) is 18.2 Å². The normalized spacial score (nSPS) is 14.6. The molecule has 1 heterocycles. The van der Waals surface area contributed by atoms with Gasteiger partial charge in [0.15, 0.2) is 5.82 Å². The standard InChI is InChI=1S/C17H19N3O/c1-18-17-14(12-7-3-2-4-8-12)11-15(19-20-17)13-9-5-6-10-16(13)21/h5-7,9-11,21H,2-4,8H2,1H3,(H,18,20). The van der Waals surface area contributed by atoms with E-state index in [2.05, 4.69) is 21.6 Å². The summed E-state index contributed by atoms with van der Waals surface area (Å²) >= 11 is 0. The fourth-order valence-corrected chi connectivity index (χ4v) is 2.73. The van der Waals surface area contributed by atoms with Gasteiger partial charge in [-0.15, -0.1) is 10.2 Å². The Morgan fingerprint density at radius 2 is 1.95 bits per heavy atom. The molecule has 0 spiro atoms. The Bertz CT molecular complexity index is 679. The van der Waals surface area contributed by atoms with Crippen molar-refractivity contribution in [1.29, 1.82) is 0 Å². The number of aromatic nitrogens is 2. The maximum Gasteiger partial charge on any atom is 0.156 e. The van der Waals surface area contributed by atoms with Crippen molar-refractivity contribution in [1.82, 2.24) is 10.2 Å². The number of allylic oxidation sites excluding steroid dienone is 2. The van der Waals surface area contributed by atoms with Crippen LogP contribution in [0.25, 0.3) is 16.8 Å². The first-order valence-electron chi connectivity index (χ1n) is 7.33. The summed E-state index contributed by atoms with van der Waals surface area (Å²) in [5.41, 5.74) is 3.82. The lowest BCUT2D eigenvalue weighted by atomic mass is 9.93. The minimum absolute atomic E-state index is 0.229. The zero-order valence-corrected chi connectivity index (χ0v) is 12.1. The largest absolute Gasteiger partial charge is 0.507 e. The van der Waals surface area contributed by atoms with E-state index in [9.17, 15) is 5.11 Å². The summed E-state index contributed by atoms with van der Waals surface area (Å²) in [7, 11) is 1.86. The van der Waals surface area contributed by atoms with Gasteiger partial charge in [-0.1, -0.05) is 18.2 Å². The van der Waals surface area contributed by atoms with Crippen molar-refractivity contribution in [2.45, 2.75) is 25.7 Å². The van der Waals surface area contributed by atoms with Crippen LogP contribution in [-0.2, 0) is 0 Å². The minimum Gasteiger partial charge on any atom is -0.507 e. The minimum atomic E-state index is 0.229. The number of para-hydroxylation sites is 1. The van der Waals surface area contributed by atoms with Crippen LogP contribution >= 0.6 is 0 Å². The lowest BCUT2D eigenvalue weighted by molar-refractivity contribution is 0.477. The molecule has 1 aliphatic carbocycles. The second-order valence-corrected chi connectivity index (χ2v) is 5.23. The van der Waals surface area contributed by atoms with E-state index < -0.39 is 0 Å². The molecule has 3 rings (SSSR count). The third-order valence-corrected chi connectivity index (χ3v) is 3.85. The van der Waals surface area contributed by atoms with Gasteiger partial charge in [0.2, 0.25) is 0 Å². The molecule has 0 saturated heterocycles. The Labute approximate surface area is 124 Å². The maximum atomic E-state index is 9.99. The van der Waals surface area contributed by atoms with Crippen molar-refractivity contribution in [3.05, 3.63) is 42.0 Å². The molecule has 4 heteroatoms. The number of phenolic OH excluding ortho intramolecular Hbond substituents is 1. The molecule has 0 unspecified atom stereocenters. The topological polar surface area (TPSA) is 58.0 Å². The predicted molar refractivity (Wildman–Crippen MR) is 85.1 cm³/mol. The summed E-state index contributed by atoms with van der Waals surface area (Å²) in [5, 5.41) is 21.6. The highest BCUT2D eigenvalue weighted by Crippen LogP contribution is 2.34. The molecule has 108 valence electrons. The van der Waals surface area contributed by atoms with Crippen molar-refractivity contribution >= 4 is 11.4 Å². The summed E-state index contributed by atoms with van der Waals surface area (Å²) in [4.78, 5) is 0. The van der Waals surface area contributed by atoms with E-state index in [1.54, 1.807) is 12.1 Å². The molecular weight excluding hydrogens is 262 g/mol. The van der Waals surface area contributed by atoms with Gasteiger partial charge < -0.3 is 10.4 Å². The molecule has 0 amide bonds. The molecule has 21 heavy (non-hydrogen) atoms. The van der Waals surface area contributed by atoms with Crippen molar-refractivity contribution < 1.29 is 5.11 Å². The highest BCUT2D eigenvalue weighted by Gasteiger charge is 2.15. The molecule has 1 aromatic heterocycles. The molecule has 0 radical (unpaired) electrons. The number of nitrogens with zero attached hydrogens (tertiary/aromatic N) is 2. The van der Waals surface area contributed by atoms with E-state index in [-0.39, 0.29) is 5.75 Å². The van der Waals surface area contributed by atoms with Crippen molar-refractivity contribution in [2.75, 3.05) is 12.4 Å². The van der Waals surface area contributed by atoms with Crippen LogP contribution in [0, 0.1) is 0 Å². The molecule has 0 saturated carbocycles. The van der Waals surface area contributed by atoms with E-state index in [0.29, 0.717) is 11.3 Å². The van der Waals surface area contributed by atoms with Gasteiger partial charge in [-0.25, -0.2) is 0 Å². The average molecular weight is 281 g/mol. The first-order valence-corrected chi connectivity index (χ1v) is 7.33. The van der Waals surface area contributed by atoms with Crippen LogP contribution in [-0.4, -0.2) is 22.4 Å². The number of phenols is 1. The van der Waals surface area contributed by atoms with Gasteiger partial charge >= 0.3 is 0 Å². The number of benzene rings is 1. The highest BCUT2D eigenvalue weighted by atomic mass is 16.3. The Kier molecular flexibility index (Phi) is 3.86. The Morgan fingerprint density at radius 1 is 1.10 bits per heavy atom. The molecule has 4 nitrogen and oxygen atoms in total. The summed E-state index contributed by atoms with van der Waals surface area (Å²) in [6.45, 7) is 0. The number of anilines is 1. The molecule has 1 aliphatic rings. The van der Waals surface area contributed by atoms with Gasteiger partial charge in [0.1, 0.15) is 5.75 Å². The first-order chi connectivity index (χ1) is 10.3. The SMILES string of the molecule is CNc1nnc(-c2ccccc2O)cc1C1=CCCCC1. The maximum absolute atomic E-state index is 9.99. The van der Waals surface area contributed by atoms with Crippen LogP contribution in [0.2, 0.25) is 0 Å². The number of hydrogen-bond acceptors (Lipinski definition) is 4.